The maximum Gasteiger partial charge on any atom is 0.293 e. The summed E-state index contributed by atoms with van der Waals surface area (Å²) in [4.78, 5) is 55.6. The van der Waals surface area contributed by atoms with Crippen LogP contribution in [0.25, 0.3) is 11.1 Å². The lowest BCUT2D eigenvalue weighted by molar-refractivity contribution is -0.137. The number of nitrogens with zero attached hydrogens (tertiary/aromatic N) is 1. The second-order valence-electron chi connectivity index (χ2n) is 8.79. The fourth-order valence-corrected chi connectivity index (χ4v) is 4.46. The van der Waals surface area contributed by atoms with E-state index in [4.69, 9.17) is 9.84 Å². The molecule has 208 valence electrons. The topological polar surface area (TPSA) is 130 Å². The fraction of sp³-hybridized carbons (Fsp3) is 0.367. The number of hydrogen-bond donors (Lipinski definition) is 2. The molecular weight excluding hydrogens is 500 g/mol. The molecule has 9 heteroatoms. The van der Waals surface area contributed by atoms with Crippen LogP contribution in [0.2, 0.25) is 0 Å². The van der Waals surface area contributed by atoms with Crippen molar-refractivity contribution >= 4 is 30.5 Å². The number of rotatable bonds is 13. The minimum Gasteiger partial charge on any atom is -0.467 e. The summed E-state index contributed by atoms with van der Waals surface area (Å²) >= 11 is 0. The Morgan fingerprint density at radius 3 is 2.05 bits per heavy atom. The van der Waals surface area contributed by atoms with Gasteiger partial charge in [0.2, 0.25) is 5.91 Å². The minimum atomic E-state index is -0.261. The van der Waals surface area contributed by atoms with E-state index in [-0.39, 0.29) is 23.6 Å². The van der Waals surface area contributed by atoms with Gasteiger partial charge in [0.25, 0.3) is 18.3 Å². The lowest BCUT2D eigenvalue weighted by atomic mass is 9.98. The second kappa shape index (κ2) is 17.4. The number of amides is 3. The zero-order valence-electron chi connectivity index (χ0n) is 22.2. The highest BCUT2D eigenvalue weighted by atomic mass is 16.5. The molecule has 39 heavy (non-hydrogen) atoms. The van der Waals surface area contributed by atoms with Crippen LogP contribution in [-0.2, 0) is 28.7 Å². The summed E-state index contributed by atoms with van der Waals surface area (Å²) in [6.07, 6.45) is 7.17. The number of fused-ring (bicyclic) bond motifs is 3. The van der Waals surface area contributed by atoms with Gasteiger partial charge in [-0.25, -0.2) is 0 Å². The lowest BCUT2D eigenvalue weighted by Gasteiger charge is -2.13. The van der Waals surface area contributed by atoms with Crippen LogP contribution in [0.3, 0.4) is 0 Å². The molecule has 0 aromatic heterocycles. The Balaban J connectivity index is 0.000000259. The van der Waals surface area contributed by atoms with E-state index in [9.17, 15) is 24.0 Å². The minimum absolute atomic E-state index is 0.0223. The standard InChI is InChI=1S/C15H12O2.C14H20N2O4.CH4O/c16-10-17-9-15-13-7-3-1-5-11(13)12-6-2-4-8-14(12)15;17-11-5-3-9-15-12(18)6-2-1-4-10-16-13(19)7-8-14(16)20;1-2/h1-8,10,15H,9H2;7-8,11H,1-6,9-10H2,(H,15,18);2H,1H3. The predicted molar refractivity (Wildman–Crippen MR) is 147 cm³/mol. The van der Waals surface area contributed by atoms with Crippen molar-refractivity contribution in [3.8, 4) is 11.1 Å². The first-order chi connectivity index (χ1) is 19.1. The Kier molecular flexibility index (Phi) is 13.9. The Morgan fingerprint density at radius 1 is 0.897 bits per heavy atom. The summed E-state index contributed by atoms with van der Waals surface area (Å²) in [6.45, 7) is 1.87. The van der Waals surface area contributed by atoms with E-state index in [1.807, 2.05) is 24.3 Å². The van der Waals surface area contributed by atoms with Crippen molar-refractivity contribution in [2.75, 3.05) is 26.8 Å². The zero-order valence-corrected chi connectivity index (χ0v) is 22.2. The zero-order chi connectivity index (χ0) is 28.5. The first-order valence-electron chi connectivity index (χ1n) is 13.0. The molecule has 2 aromatic rings. The molecular formula is C30H36N2O7. The molecule has 0 atom stereocenters. The van der Waals surface area contributed by atoms with Crippen molar-refractivity contribution in [2.24, 2.45) is 0 Å². The quantitative estimate of drug-likeness (QED) is 0.228. The van der Waals surface area contributed by atoms with Crippen LogP contribution in [0.5, 0.6) is 0 Å². The van der Waals surface area contributed by atoms with E-state index in [0.29, 0.717) is 51.9 Å². The van der Waals surface area contributed by atoms with E-state index < -0.39 is 0 Å². The molecule has 2 aliphatic rings. The number of carbonyl (C=O) groups is 5. The van der Waals surface area contributed by atoms with Crippen molar-refractivity contribution in [1.82, 2.24) is 10.2 Å². The van der Waals surface area contributed by atoms with Crippen LogP contribution in [0.15, 0.2) is 60.7 Å². The molecule has 2 N–H and O–H groups in total. The predicted octanol–water partition coefficient (Wildman–Crippen LogP) is 3.15. The third-order valence-electron chi connectivity index (χ3n) is 6.30. The molecule has 0 spiro atoms. The number of hydrogen-bond acceptors (Lipinski definition) is 7. The fourth-order valence-electron chi connectivity index (χ4n) is 4.46. The van der Waals surface area contributed by atoms with Crippen molar-refractivity contribution < 1.29 is 33.8 Å². The number of nitrogens with one attached hydrogen (secondary N) is 1. The Labute approximate surface area is 228 Å². The van der Waals surface area contributed by atoms with Gasteiger partial charge in [0.05, 0.1) is 0 Å². The molecule has 0 unspecified atom stereocenters. The number of aliphatic hydroxyl groups is 1. The molecule has 1 heterocycles. The van der Waals surface area contributed by atoms with Crippen molar-refractivity contribution in [3.05, 3.63) is 71.8 Å². The largest absolute Gasteiger partial charge is 0.467 e. The van der Waals surface area contributed by atoms with E-state index >= 15 is 0 Å². The van der Waals surface area contributed by atoms with Crippen molar-refractivity contribution in [1.29, 1.82) is 0 Å². The summed E-state index contributed by atoms with van der Waals surface area (Å²) in [5.74, 6) is -0.371. The van der Waals surface area contributed by atoms with Crippen LogP contribution in [0.4, 0.5) is 0 Å². The Hall–Kier alpha value is -4.11. The van der Waals surface area contributed by atoms with Crippen molar-refractivity contribution in [2.45, 2.75) is 44.4 Å². The van der Waals surface area contributed by atoms with Gasteiger partial charge < -0.3 is 20.0 Å². The third-order valence-corrected chi connectivity index (χ3v) is 6.30. The van der Waals surface area contributed by atoms with Crippen LogP contribution in [0, 0.1) is 0 Å². The molecule has 0 saturated heterocycles. The summed E-state index contributed by atoms with van der Waals surface area (Å²) in [6, 6.07) is 16.6. The van der Waals surface area contributed by atoms with Crippen LogP contribution in [-0.4, -0.2) is 67.3 Å². The molecule has 9 nitrogen and oxygen atoms in total. The highest BCUT2D eigenvalue weighted by Gasteiger charge is 2.28. The Morgan fingerprint density at radius 2 is 1.49 bits per heavy atom. The molecule has 2 aromatic carbocycles. The van der Waals surface area contributed by atoms with Crippen LogP contribution < -0.4 is 5.32 Å². The first kappa shape index (κ1) is 31.1. The number of imide groups is 1. The summed E-state index contributed by atoms with van der Waals surface area (Å²) in [7, 11) is 1.00. The van der Waals surface area contributed by atoms with Gasteiger partial charge in [-0.3, -0.25) is 24.1 Å². The summed E-state index contributed by atoms with van der Waals surface area (Å²) < 4.78 is 4.95. The van der Waals surface area contributed by atoms with E-state index in [1.165, 1.54) is 39.3 Å². The average molecular weight is 537 g/mol. The number of unbranched alkanes of at least 4 members (excludes halogenated alkanes) is 3. The van der Waals surface area contributed by atoms with E-state index in [2.05, 4.69) is 29.6 Å². The molecule has 3 amide bonds. The highest BCUT2D eigenvalue weighted by molar-refractivity contribution is 6.12. The maximum absolute atomic E-state index is 11.4. The average Bonchev–Trinajstić information content (AvgIpc) is 3.47. The van der Waals surface area contributed by atoms with Gasteiger partial charge in [-0.1, -0.05) is 55.0 Å². The molecule has 0 fully saturated rings. The maximum atomic E-state index is 11.4. The van der Waals surface area contributed by atoms with Gasteiger partial charge in [0.15, 0.2) is 0 Å². The van der Waals surface area contributed by atoms with Gasteiger partial charge in [-0.2, -0.15) is 0 Å². The number of benzene rings is 2. The SMILES string of the molecule is CO.O=CCCCNC(=O)CCCCCN1C(=O)C=CC1=O.O=COCC1c2ccccc2-c2ccccc21. The van der Waals surface area contributed by atoms with Gasteiger partial charge in [-0.15, -0.1) is 0 Å². The van der Waals surface area contributed by atoms with Gasteiger partial charge in [0.1, 0.15) is 12.9 Å². The first-order valence-corrected chi connectivity index (χ1v) is 13.0. The second-order valence-corrected chi connectivity index (χ2v) is 8.79. The molecule has 4 rings (SSSR count). The normalized spacial score (nSPS) is 12.9. The number of aliphatic hydroxyl groups excluding tert-OH is 1. The van der Waals surface area contributed by atoms with Crippen LogP contribution >= 0.6 is 0 Å². The van der Waals surface area contributed by atoms with Gasteiger partial charge in [0, 0.05) is 51.1 Å². The van der Waals surface area contributed by atoms with Gasteiger partial charge >= 0.3 is 0 Å². The Bertz CT molecular complexity index is 1080. The monoisotopic (exact) mass is 536 g/mol. The highest BCUT2D eigenvalue weighted by Crippen LogP contribution is 2.44. The van der Waals surface area contributed by atoms with E-state index in [0.717, 1.165) is 26.2 Å². The molecule has 0 bridgehead atoms. The lowest BCUT2D eigenvalue weighted by Crippen LogP contribution is -2.30. The third kappa shape index (κ3) is 9.30. The van der Waals surface area contributed by atoms with Crippen LogP contribution in [0.1, 0.15) is 55.6 Å². The van der Waals surface area contributed by atoms with Crippen molar-refractivity contribution in [3.63, 3.8) is 0 Å². The molecule has 0 saturated carbocycles. The van der Waals surface area contributed by atoms with Gasteiger partial charge in [-0.05, 0) is 41.5 Å². The summed E-state index contributed by atoms with van der Waals surface area (Å²) in [5, 5.41) is 9.74. The molecule has 1 aliphatic carbocycles. The smallest absolute Gasteiger partial charge is 0.293 e. The number of aldehydes is 1. The number of carbonyl (C=O) groups excluding carboxylic acids is 5. The molecule has 0 radical (unpaired) electrons. The van der Waals surface area contributed by atoms with E-state index in [1.54, 1.807) is 0 Å². The molecule has 1 aliphatic heterocycles. The summed E-state index contributed by atoms with van der Waals surface area (Å²) in [5.41, 5.74) is 5.00. The number of ether oxygens (including phenoxy) is 1.